The highest BCUT2D eigenvalue weighted by molar-refractivity contribution is 14.1. The van der Waals surface area contributed by atoms with Crippen molar-refractivity contribution in [2.75, 3.05) is 6.54 Å². The van der Waals surface area contributed by atoms with Crippen molar-refractivity contribution in [2.24, 2.45) is 0 Å². The molecule has 0 aliphatic heterocycles. The number of ether oxygens (including phenoxy) is 3. The number of nitrogens with one attached hydrogen (secondary N) is 3. The van der Waals surface area contributed by atoms with E-state index in [2.05, 4.69) is 38.5 Å². The minimum absolute atomic E-state index is 0.0350. The predicted octanol–water partition coefficient (Wildman–Crippen LogP) is 4.57. The molecule has 11 nitrogen and oxygen atoms in total. The number of esters is 3. The van der Waals surface area contributed by atoms with Gasteiger partial charge in [-0.2, -0.15) is 0 Å². The lowest BCUT2D eigenvalue weighted by Crippen LogP contribution is -2.53. The van der Waals surface area contributed by atoms with E-state index < -0.39 is 52.8 Å². The molecule has 0 aliphatic rings. The highest BCUT2D eigenvalue weighted by Crippen LogP contribution is 2.15. The zero-order valence-electron chi connectivity index (χ0n) is 26.9. The van der Waals surface area contributed by atoms with Gasteiger partial charge in [0.1, 0.15) is 28.9 Å². The Balaban J connectivity index is 2.88. The van der Waals surface area contributed by atoms with Crippen LogP contribution in [0.15, 0.2) is 24.3 Å². The van der Waals surface area contributed by atoms with Gasteiger partial charge < -0.3 is 30.2 Å². The summed E-state index contributed by atoms with van der Waals surface area (Å²) in [6.07, 6.45) is 0.322. The van der Waals surface area contributed by atoms with Crippen LogP contribution in [0.2, 0.25) is 0 Å². The third-order valence-electron chi connectivity index (χ3n) is 5.36. The maximum atomic E-state index is 13.0. The van der Waals surface area contributed by atoms with E-state index in [4.69, 9.17) is 14.2 Å². The molecule has 0 saturated heterocycles. The smallest absolute Gasteiger partial charge is 0.329 e. The lowest BCUT2D eigenvalue weighted by Gasteiger charge is -2.27. The fourth-order valence-electron chi connectivity index (χ4n) is 3.62. The van der Waals surface area contributed by atoms with Crippen LogP contribution >= 0.6 is 22.6 Å². The summed E-state index contributed by atoms with van der Waals surface area (Å²) in [5.74, 6) is -2.29. The lowest BCUT2D eigenvalue weighted by molar-refractivity contribution is -0.159. The first-order valence-corrected chi connectivity index (χ1v) is 15.5. The van der Waals surface area contributed by atoms with Crippen LogP contribution < -0.4 is 16.0 Å². The van der Waals surface area contributed by atoms with Gasteiger partial charge in [-0.15, -0.1) is 0 Å². The molecule has 3 amide bonds. The third kappa shape index (κ3) is 18.4. The average Bonchev–Trinajstić information content (AvgIpc) is 2.82. The van der Waals surface area contributed by atoms with Gasteiger partial charge in [-0.3, -0.25) is 9.59 Å². The minimum atomic E-state index is -1.20. The fraction of sp³-hybridized carbons (Fsp3) is 0.645. The van der Waals surface area contributed by atoms with Gasteiger partial charge in [0, 0.05) is 23.0 Å². The van der Waals surface area contributed by atoms with Crippen LogP contribution in [-0.4, -0.2) is 65.3 Å². The van der Waals surface area contributed by atoms with Crippen molar-refractivity contribution in [1.29, 1.82) is 0 Å². The maximum absolute atomic E-state index is 13.0. The van der Waals surface area contributed by atoms with Crippen LogP contribution in [-0.2, 0) is 39.8 Å². The molecule has 0 heterocycles. The van der Waals surface area contributed by atoms with Gasteiger partial charge in [-0.1, -0.05) is 12.1 Å². The Kier molecular flexibility index (Phi) is 14.9. The van der Waals surface area contributed by atoms with Crippen molar-refractivity contribution in [3.05, 3.63) is 33.4 Å². The lowest BCUT2D eigenvalue weighted by atomic mass is 10.1. The van der Waals surface area contributed by atoms with E-state index in [1.807, 2.05) is 24.3 Å². The number of halogens is 1. The van der Waals surface area contributed by atoms with Gasteiger partial charge in [-0.05, 0) is 122 Å². The molecule has 12 heteroatoms. The fourth-order valence-corrected chi connectivity index (χ4v) is 3.98. The Hall–Kier alpha value is -2.90. The Bertz CT molecular complexity index is 1100. The van der Waals surface area contributed by atoms with Crippen LogP contribution in [0.4, 0.5) is 4.79 Å². The summed E-state index contributed by atoms with van der Waals surface area (Å²) in [5.41, 5.74) is -1.31. The highest BCUT2D eigenvalue weighted by atomic mass is 127. The summed E-state index contributed by atoms with van der Waals surface area (Å²) in [4.78, 5) is 63.6. The van der Waals surface area contributed by atoms with Crippen LogP contribution in [0.1, 0.15) is 93.6 Å². The van der Waals surface area contributed by atoms with Crippen LogP contribution in [0.25, 0.3) is 0 Å². The number of urea groups is 1. The van der Waals surface area contributed by atoms with Gasteiger partial charge in [0.25, 0.3) is 0 Å². The van der Waals surface area contributed by atoms with E-state index in [-0.39, 0.29) is 31.6 Å². The van der Waals surface area contributed by atoms with E-state index in [0.717, 1.165) is 9.13 Å². The molecule has 0 aliphatic carbocycles. The number of amides is 3. The molecule has 0 spiro atoms. The summed E-state index contributed by atoms with van der Waals surface area (Å²) in [6, 6.07) is 4.74. The quantitative estimate of drug-likeness (QED) is 0.153. The Morgan fingerprint density at radius 1 is 0.698 bits per heavy atom. The van der Waals surface area contributed by atoms with Crippen LogP contribution in [0.5, 0.6) is 0 Å². The first-order chi connectivity index (χ1) is 19.6. The number of carbonyl (C=O) groups excluding carboxylic acids is 5. The SMILES string of the molecule is CC(C)(C)OC(=O)CC[C@H](NC(=O)N[C@@H](CCC(=O)NCCc1ccc(I)cc1)C(=O)OC(C)(C)C)C(=O)OC(C)(C)C. The molecular formula is C31H48IN3O8. The van der Waals surface area contributed by atoms with Crippen LogP contribution in [0, 0.1) is 3.57 Å². The molecule has 43 heavy (non-hydrogen) atoms. The predicted molar refractivity (Wildman–Crippen MR) is 171 cm³/mol. The molecule has 0 radical (unpaired) electrons. The zero-order chi connectivity index (χ0) is 33.0. The number of carbonyl (C=O) groups is 5. The van der Waals surface area contributed by atoms with Crippen molar-refractivity contribution in [3.8, 4) is 0 Å². The van der Waals surface area contributed by atoms with Crippen molar-refractivity contribution >= 4 is 52.4 Å². The summed E-state index contributed by atoms with van der Waals surface area (Å²) in [5, 5.41) is 7.86. The summed E-state index contributed by atoms with van der Waals surface area (Å²) in [7, 11) is 0. The molecule has 0 fully saturated rings. The Morgan fingerprint density at radius 3 is 1.58 bits per heavy atom. The molecule has 0 unspecified atom stereocenters. The first-order valence-electron chi connectivity index (χ1n) is 14.4. The molecule has 1 aromatic carbocycles. The maximum Gasteiger partial charge on any atom is 0.329 e. The summed E-state index contributed by atoms with van der Waals surface area (Å²) < 4.78 is 17.3. The summed E-state index contributed by atoms with van der Waals surface area (Å²) >= 11 is 2.22. The normalized spacial score (nSPS) is 13.3. The average molecular weight is 718 g/mol. The molecule has 3 N–H and O–H groups in total. The number of rotatable bonds is 13. The van der Waals surface area contributed by atoms with Gasteiger partial charge in [0.2, 0.25) is 5.91 Å². The summed E-state index contributed by atoms with van der Waals surface area (Å²) in [6.45, 7) is 15.7. The second-order valence-corrected chi connectivity index (χ2v) is 14.4. The topological polar surface area (TPSA) is 149 Å². The second-order valence-electron chi connectivity index (χ2n) is 13.2. The monoisotopic (exact) mass is 717 g/mol. The van der Waals surface area contributed by atoms with Crippen LogP contribution in [0.3, 0.4) is 0 Å². The Morgan fingerprint density at radius 2 is 1.14 bits per heavy atom. The van der Waals surface area contributed by atoms with Gasteiger partial charge >= 0.3 is 23.9 Å². The number of hydrogen-bond acceptors (Lipinski definition) is 8. The molecule has 1 aromatic rings. The molecule has 1 rings (SSSR count). The van der Waals surface area contributed by atoms with Gasteiger partial charge in [0.05, 0.1) is 0 Å². The van der Waals surface area contributed by atoms with Gasteiger partial charge in [-0.25, -0.2) is 14.4 Å². The highest BCUT2D eigenvalue weighted by Gasteiger charge is 2.31. The molecule has 0 aromatic heterocycles. The third-order valence-corrected chi connectivity index (χ3v) is 6.08. The van der Waals surface area contributed by atoms with Crippen molar-refractivity contribution in [1.82, 2.24) is 16.0 Å². The van der Waals surface area contributed by atoms with Crippen molar-refractivity contribution < 1.29 is 38.2 Å². The first kappa shape index (κ1) is 38.1. The van der Waals surface area contributed by atoms with E-state index in [1.165, 1.54) is 0 Å². The molecule has 0 saturated carbocycles. The number of hydrogen-bond donors (Lipinski definition) is 3. The van der Waals surface area contributed by atoms with E-state index in [9.17, 15) is 24.0 Å². The van der Waals surface area contributed by atoms with E-state index in [1.54, 1.807) is 62.3 Å². The molecular weight excluding hydrogens is 669 g/mol. The molecule has 242 valence electrons. The Labute approximate surface area is 269 Å². The van der Waals surface area contributed by atoms with E-state index >= 15 is 0 Å². The van der Waals surface area contributed by atoms with Crippen molar-refractivity contribution in [2.45, 2.75) is 123 Å². The van der Waals surface area contributed by atoms with E-state index in [0.29, 0.717) is 13.0 Å². The zero-order valence-corrected chi connectivity index (χ0v) is 29.0. The minimum Gasteiger partial charge on any atom is -0.460 e. The molecule has 2 atom stereocenters. The number of benzene rings is 1. The second kappa shape index (κ2) is 16.8. The standard InChI is InChI=1S/C31H48IN3O8/c1-29(2,3)41-25(37)17-15-23(27(39)43-31(7,8)9)35-28(40)34-22(26(38)42-30(4,5)6)14-16-24(36)33-19-18-20-10-12-21(32)13-11-20/h10-13,22-23H,14-19H2,1-9H3,(H,33,36)(H2,34,35,40)/t22-,23-/m0/s1. The van der Waals surface area contributed by atoms with Gasteiger partial charge in [0.15, 0.2) is 0 Å². The molecule has 0 bridgehead atoms. The van der Waals surface area contributed by atoms with Crippen molar-refractivity contribution in [3.63, 3.8) is 0 Å². The largest absolute Gasteiger partial charge is 0.460 e.